The smallest absolute Gasteiger partial charge is 0.177 e. The Hall–Kier alpha value is -2.54. The van der Waals surface area contributed by atoms with Crippen LogP contribution in [0.3, 0.4) is 0 Å². The third-order valence-electron chi connectivity index (χ3n) is 1.93. The highest BCUT2D eigenvalue weighted by molar-refractivity contribution is 6.52. The number of furan rings is 2. The van der Waals surface area contributed by atoms with E-state index in [1.807, 2.05) is 0 Å². The maximum Gasteiger partial charge on any atom is 0.177 e. The summed E-state index contributed by atoms with van der Waals surface area (Å²) in [7, 11) is 0. The SMILES string of the molecule is O.O/N=C(/C(=N\O)c1ccco1)c1ccco1. The van der Waals surface area contributed by atoms with E-state index in [9.17, 15) is 0 Å². The summed E-state index contributed by atoms with van der Waals surface area (Å²) < 4.78 is 10.1. The first-order valence-corrected chi connectivity index (χ1v) is 4.39. The predicted molar refractivity (Wildman–Crippen MR) is 57.7 cm³/mol. The van der Waals surface area contributed by atoms with Gasteiger partial charge in [-0.2, -0.15) is 0 Å². The van der Waals surface area contributed by atoms with Crippen LogP contribution in [0.15, 0.2) is 55.9 Å². The van der Waals surface area contributed by atoms with Crippen molar-refractivity contribution in [1.82, 2.24) is 0 Å². The van der Waals surface area contributed by atoms with Gasteiger partial charge in [-0.25, -0.2) is 0 Å². The highest BCUT2D eigenvalue weighted by atomic mass is 16.4. The van der Waals surface area contributed by atoms with Crippen molar-refractivity contribution < 1.29 is 24.7 Å². The molecule has 0 unspecified atom stereocenters. The Bertz CT molecular complexity index is 451. The average molecular weight is 238 g/mol. The lowest BCUT2D eigenvalue weighted by Crippen LogP contribution is -2.16. The summed E-state index contributed by atoms with van der Waals surface area (Å²) in [4.78, 5) is 0. The predicted octanol–water partition coefficient (Wildman–Crippen LogP) is 1.10. The number of nitrogens with zero attached hydrogens (tertiary/aromatic N) is 2. The fraction of sp³-hybridized carbons (Fsp3) is 0. The molecule has 0 aliphatic carbocycles. The van der Waals surface area contributed by atoms with Crippen LogP contribution in [0.1, 0.15) is 11.5 Å². The molecule has 0 spiro atoms. The first-order chi connectivity index (χ1) is 7.86. The van der Waals surface area contributed by atoms with Gasteiger partial charge in [-0.3, -0.25) is 0 Å². The largest absolute Gasteiger partial charge is 0.463 e. The summed E-state index contributed by atoms with van der Waals surface area (Å²) in [6.45, 7) is 0. The van der Waals surface area contributed by atoms with Gasteiger partial charge < -0.3 is 24.7 Å². The van der Waals surface area contributed by atoms with Crippen molar-refractivity contribution in [1.29, 1.82) is 0 Å². The molecule has 2 aromatic rings. The molecule has 0 aliphatic rings. The van der Waals surface area contributed by atoms with E-state index in [1.165, 1.54) is 12.5 Å². The minimum Gasteiger partial charge on any atom is -0.463 e. The van der Waals surface area contributed by atoms with Crippen LogP contribution in [0.25, 0.3) is 0 Å². The van der Waals surface area contributed by atoms with Gasteiger partial charge in [0, 0.05) is 0 Å². The van der Waals surface area contributed by atoms with Crippen molar-refractivity contribution in [2.75, 3.05) is 0 Å². The van der Waals surface area contributed by atoms with Crippen LogP contribution in [0.2, 0.25) is 0 Å². The molecule has 2 aromatic heterocycles. The molecule has 0 amide bonds. The molecule has 90 valence electrons. The maximum atomic E-state index is 8.89. The van der Waals surface area contributed by atoms with Crippen molar-refractivity contribution >= 4 is 11.4 Å². The topological polar surface area (TPSA) is 123 Å². The quantitative estimate of drug-likeness (QED) is 0.472. The van der Waals surface area contributed by atoms with E-state index < -0.39 is 0 Å². The van der Waals surface area contributed by atoms with Gasteiger partial charge in [-0.15, -0.1) is 0 Å². The highest BCUT2D eigenvalue weighted by Crippen LogP contribution is 2.10. The van der Waals surface area contributed by atoms with Gasteiger partial charge in [-0.1, -0.05) is 10.3 Å². The molecule has 0 aliphatic heterocycles. The Balaban J connectivity index is 0.00000144. The van der Waals surface area contributed by atoms with Crippen molar-refractivity contribution in [3.8, 4) is 0 Å². The van der Waals surface area contributed by atoms with Gasteiger partial charge in [0.2, 0.25) is 0 Å². The number of rotatable bonds is 3. The molecular formula is C10H10N2O5. The van der Waals surface area contributed by atoms with Gasteiger partial charge in [-0.05, 0) is 24.3 Å². The van der Waals surface area contributed by atoms with E-state index in [0.29, 0.717) is 0 Å². The monoisotopic (exact) mass is 238 g/mol. The third kappa shape index (κ3) is 2.34. The molecule has 2 rings (SSSR count). The second-order valence-corrected chi connectivity index (χ2v) is 2.85. The van der Waals surface area contributed by atoms with E-state index in [4.69, 9.17) is 19.2 Å². The van der Waals surface area contributed by atoms with E-state index in [1.54, 1.807) is 24.3 Å². The van der Waals surface area contributed by atoms with Crippen LogP contribution in [-0.4, -0.2) is 27.3 Å². The first-order valence-electron chi connectivity index (χ1n) is 4.39. The normalized spacial score (nSPS) is 12.2. The van der Waals surface area contributed by atoms with Crippen LogP contribution in [-0.2, 0) is 0 Å². The molecule has 7 heteroatoms. The van der Waals surface area contributed by atoms with E-state index >= 15 is 0 Å². The van der Waals surface area contributed by atoms with Crippen LogP contribution in [0.5, 0.6) is 0 Å². The van der Waals surface area contributed by atoms with Crippen molar-refractivity contribution in [2.45, 2.75) is 0 Å². The molecule has 0 aromatic carbocycles. The Kier molecular flexibility index (Phi) is 4.07. The zero-order valence-corrected chi connectivity index (χ0v) is 8.57. The van der Waals surface area contributed by atoms with Gasteiger partial charge in [0.05, 0.1) is 12.5 Å². The Labute approximate surface area is 95.6 Å². The third-order valence-corrected chi connectivity index (χ3v) is 1.93. The Morgan fingerprint density at radius 1 is 0.882 bits per heavy atom. The summed E-state index contributed by atoms with van der Waals surface area (Å²) >= 11 is 0. The maximum absolute atomic E-state index is 8.89. The van der Waals surface area contributed by atoms with Crippen molar-refractivity contribution in [3.63, 3.8) is 0 Å². The second kappa shape index (κ2) is 5.52. The standard InChI is InChI=1S/C10H8N2O4.H2O/c13-11-9(7-3-1-5-15-7)10(12-14)8-4-2-6-16-8;/h1-6,13-14H;1H2/b11-9-,12-10+;. The second-order valence-electron chi connectivity index (χ2n) is 2.85. The summed E-state index contributed by atoms with van der Waals surface area (Å²) in [5.41, 5.74) is -0.0232. The Morgan fingerprint density at radius 3 is 1.53 bits per heavy atom. The number of hydrogen-bond acceptors (Lipinski definition) is 6. The lowest BCUT2D eigenvalue weighted by molar-refractivity contribution is 0.312. The fourth-order valence-electron chi connectivity index (χ4n) is 1.25. The van der Waals surface area contributed by atoms with Gasteiger partial charge in [0.15, 0.2) is 22.9 Å². The van der Waals surface area contributed by atoms with Crippen LogP contribution in [0.4, 0.5) is 0 Å². The molecule has 0 bridgehead atoms. The fourth-order valence-corrected chi connectivity index (χ4v) is 1.25. The van der Waals surface area contributed by atoms with Crippen LogP contribution < -0.4 is 0 Å². The summed E-state index contributed by atoms with van der Waals surface area (Å²) in [5.74, 6) is 0.540. The first kappa shape index (κ1) is 12.5. The molecule has 0 saturated heterocycles. The van der Waals surface area contributed by atoms with Crippen LogP contribution in [0, 0.1) is 0 Å². The van der Waals surface area contributed by atoms with E-state index in [0.717, 1.165) is 0 Å². The minimum atomic E-state index is -0.0116. The molecule has 0 radical (unpaired) electrons. The van der Waals surface area contributed by atoms with Crippen LogP contribution >= 0.6 is 0 Å². The lowest BCUT2D eigenvalue weighted by atomic mass is 10.1. The van der Waals surface area contributed by atoms with Gasteiger partial charge >= 0.3 is 0 Å². The summed E-state index contributed by atoms with van der Waals surface area (Å²) in [6, 6.07) is 6.39. The molecule has 0 saturated carbocycles. The molecular weight excluding hydrogens is 228 g/mol. The molecule has 0 atom stereocenters. The molecule has 0 fully saturated rings. The van der Waals surface area contributed by atoms with Crippen molar-refractivity contribution in [2.24, 2.45) is 10.3 Å². The highest BCUT2D eigenvalue weighted by Gasteiger charge is 2.20. The molecule has 2 heterocycles. The van der Waals surface area contributed by atoms with E-state index in [-0.39, 0.29) is 28.4 Å². The van der Waals surface area contributed by atoms with E-state index in [2.05, 4.69) is 10.3 Å². The summed E-state index contributed by atoms with van der Waals surface area (Å²) in [6.07, 6.45) is 2.83. The minimum absolute atomic E-state index is 0. The molecule has 4 N–H and O–H groups in total. The zero-order chi connectivity index (χ0) is 11.4. The molecule has 17 heavy (non-hydrogen) atoms. The zero-order valence-electron chi connectivity index (χ0n) is 8.57. The van der Waals surface area contributed by atoms with Gasteiger partial charge in [0.1, 0.15) is 0 Å². The average Bonchev–Trinajstić information content (AvgIpc) is 2.97. The number of oxime groups is 2. The van der Waals surface area contributed by atoms with Gasteiger partial charge in [0.25, 0.3) is 0 Å². The summed E-state index contributed by atoms with van der Waals surface area (Å²) in [5, 5.41) is 23.8. The Morgan fingerprint density at radius 2 is 1.29 bits per heavy atom. The molecule has 7 nitrogen and oxygen atoms in total. The number of hydrogen-bond donors (Lipinski definition) is 2. The lowest BCUT2D eigenvalue weighted by Gasteiger charge is -2.00. The van der Waals surface area contributed by atoms with Crippen molar-refractivity contribution in [3.05, 3.63) is 48.3 Å².